The Morgan fingerprint density at radius 1 is 1.03 bits per heavy atom. The summed E-state index contributed by atoms with van der Waals surface area (Å²) in [4.78, 5) is 29.3. The zero-order valence-electron chi connectivity index (χ0n) is 21.3. The summed E-state index contributed by atoms with van der Waals surface area (Å²) in [5, 5.41) is 13.1. The lowest BCUT2D eigenvalue weighted by molar-refractivity contribution is -0.120. The summed E-state index contributed by atoms with van der Waals surface area (Å²) in [6.45, 7) is 6.06. The first-order valence-electron chi connectivity index (χ1n) is 12.8. The van der Waals surface area contributed by atoms with Crippen LogP contribution in [0.25, 0.3) is 5.65 Å². The minimum Gasteiger partial charge on any atom is -0.434 e. The summed E-state index contributed by atoms with van der Waals surface area (Å²) in [7, 11) is 0. The van der Waals surface area contributed by atoms with Crippen molar-refractivity contribution in [1.82, 2.24) is 14.6 Å². The van der Waals surface area contributed by atoms with Gasteiger partial charge in [-0.2, -0.15) is 0 Å². The van der Waals surface area contributed by atoms with Crippen LogP contribution in [0.4, 0.5) is 21.6 Å². The molecule has 3 N–H and O–H groups in total. The largest absolute Gasteiger partial charge is 0.434 e. The van der Waals surface area contributed by atoms with Crippen molar-refractivity contribution in [2.45, 2.75) is 32.6 Å². The van der Waals surface area contributed by atoms with Crippen LogP contribution in [0.1, 0.15) is 31.2 Å². The molecule has 2 saturated carbocycles. The highest BCUT2D eigenvalue weighted by Gasteiger charge is 2.52. The molecule has 2 aromatic heterocycles. The lowest BCUT2D eigenvalue weighted by Crippen LogP contribution is -2.28. The molecule has 0 unspecified atom stereocenters. The van der Waals surface area contributed by atoms with Crippen LogP contribution in [-0.2, 0) is 9.59 Å². The highest BCUT2D eigenvalue weighted by Crippen LogP contribution is 2.52. The normalized spacial score (nSPS) is 15.4. The van der Waals surface area contributed by atoms with Gasteiger partial charge in [-0.3, -0.25) is 9.59 Å². The van der Waals surface area contributed by atoms with Crippen LogP contribution in [0.2, 0.25) is 0 Å². The first kappa shape index (κ1) is 24.6. The molecule has 2 amide bonds. The third-order valence-corrected chi connectivity index (χ3v) is 7.01. The fraction of sp³-hybridized carbons (Fsp3) is 0.241. The number of carbonyl (C=O) groups is 2. The fourth-order valence-electron chi connectivity index (χ4n) is 4.30. The number of benzene rings is 2. The summed E-state index contributed by atoms with van der Waals surface area (Å²) in [6.07, 6.45) is 4.70. The number of imidazole rings is 1. The number of nitrogens with one attached hydrogen (secondary N) is 3. The number of anilines is 3. The van der Waals surface area contributed by atoms with Crippen molar-refractivity contribution in [2.24, 2.45) is 11.3 Å². The maximum absolute atomic E-state index is 15.0. The van der Waals surface area contributed by atoms with Gasteiger partial charge < -0.3 is 20.7 Å². The minimum absolute atomic E-state index is 0.0152. The Kier molecular flexibility index (Phi) is 6.02. The van der Waals surface area contributed by atoms with Gasteiger partial charge in [0.2, 0.25) is 17.7 Å². The van der Waals surface area contributed by atoms with Crippen molar-refractivity contribution in [1.29, 1.82) is 0 Å². The summed E-state index contributed by atoms with van der Waals surface area (Å²) in [6, 6.07) is 15.3. The van der Waals surface area contributed by atoms with E-state index in [0.717, 1.165) is 24.1 Å². The second-order valence-corrected chi connectivity index (χ2v) is 10.1. The third kappa shape index (κ3) is 5.18. The summed E-state index contributed by atoms with van der Waals surface area (Å²) in [5.74, 6) is -0.184. The summed E-state index contributed by atoms with van der Waals surface area (Å²) < 4.78 is 22.1. The maximum Gasteiger partial charge on any atom is 0.237 e. The molecule has 0 saturated heterocycles. The van der Waals surface area contributed by atoms with E-state index in [1.165, 1.54) is 16.6 Å². The van der Waals surface area contributed by atoms with E-state index in [1.807, 2.05) is 31.2 Å². The first-order chi connectivity index (χ1) is 18.8. The Morgan fingerprint density at radius 2 is 1.77 bits per heavy atom. The van der Waals surface area contributed by atoms with Crippen LogP contribution >= 0.6 is 0 Å². The van der Waals surface area contributed by atoms with Crippen molar-refractivity contribution < 1.29 is 18.7 Å². The van der Waals surface area contributed by atoms with E-state index in [0.29, 0.717) is 35.7 Å². The molecule has 0 atom stereocenters. The van der Waals surface area contributed by atoms with E-state index in [9.17, 15) is 14.0 Å². The Morgan fingerprint density at radius 3 is 2.46 bits per heavy atom. The molecular formula is C29H27FN6O3. The molecule has 198 valence electrons. The summed E-state index contributed by atoms with van der Waals surface area (Å²) in [5.41, 5.74) is 2.57. The SMILES string of the molecule is C=C(Nc1ccc(Oc2ccc3nc(NC(=O)C4CC4)cn3n2)c(F)c1)C1(C(=O)Nc2ccc(C)cc2)CC1. The van der Waals surface area contributed by atoms with Crippen molar-refractivity contribution >= 4 is 34.7 Å². The van der Waals surface area contributed by atoms with Gasteiger partial charge in [0.05, 0.1) is 11.6 Å². The average Bonchev–Trinajstić information content (AvgIpc) is 3.83. The van der Waals surface area contributed by atoms with Gasteiger partial charge in [-0.15, -0.1) is 5.10 Å². The van der Waals surface area contributed by atoms with Crippen molar-refractivity contribution in [3.63, 3.8) is 0 Å². The van der Waals surface area contributed by atoms with Crippen LogP contribution in [0, 0.1) is 24.1 Å². The van der Waals surface area contributed by atoms with Crippen molar-refractivity contribution in [3.8, 4) is 11.6 Å². The topological polar surface area (TPSA) is 110 Å². The molecule has 2 aliphatic carbocycles. The maximum atomic E-state index is 15.0. The van der Waals surface area contributed by atoms with E-state index in [-0.39, 0.29) is 29.4 Å². The molecule has 2 fully saturated rings. The van der Waals surface area contributed by atoms with E-state index < -0.39 is 11.2 Å². The fourth-order valence-corrected chi connectivity index (χ4v) is 4.30. The Labute approximate surface area is 224 Å². The molecule has 0 aliphatic heterocycles. The number of aromatic nitrogens is 3. The monoisotopic (exact) mass is 526 g/mol. The van der Waals surface area contributed by atoms with E-state index in [4.69, 9.17) is 4.74 Å². The highest BCUT2D eigenvalue weighted by molar-refractivity contribution is 6.00. The minimum atomic E-state index is -0.738. The standard InChI is InChI=1S/C29H27FN6O3/c1-17-3-7-20(8-4-17)32-28(38)29(13-14-29)18(2)31-21-9-10-23(22(30)15-21)39-26-12-11-25-33-24(16-36(25)35-26)34-27(37)19-5-6-19/h3-4,7-12,15-16,19,31H,2,5-6,13-14H2,1H3,(H,32,38)(H,34,37). The molecular weight excluding hydrogens is 499 g/mol. The lowest BCUT2D eigenvalue weighted by atomic mass is 10.0. The predicted molar refractivity (Wildman–Crippen MR) is 145 cm³/mol. The second-order valence-electron chi connectivity index (χ2n) is 10.1. The van der Waals surface area contributed by atoms with Crippen molar-refractivity contribution in [3.05, 3.63) is 84.5 Å². The predicted octanol–water partition coefficient (Wildman–Crippen LogP) is 5.66. The van der Waals surface area contributed by atoms with Crippen molar-refractivity contribution in [2.75, 3.05) is 16.0 Å². The number of rotatable bonds is 9. The number of fused-ring (bicyclic) bond motifs is 1. The molecule has 10 heteroatoms. The highest BCUT2D eigenvalue weighted by atomic mass is 19.1. The first-order valence-corrected chi connectivity index (χ1v) is 12.8. The Balaban J connectivity index is 1.10. The van der Waals surface area contributed by atoms with Gasteiger partial charge in [0.1, 0.15) is 0 Å². The Bertz CT molecular complexity index is 1610. The van der Waals surface area contributed by atoms with Crippen LogP contribution in [0.5, 0.6) is 11.6 Å². The molecule has 2 heterocycles. The van der Waals surface area contributed by atoms with Gasteiger partial charge in [-0.1, -0.05) is 24.3 Å². The molecule has 9 nitrogen and oxygen atoms in total. The lowest BCUT2D eigenvalue weighted by Gasteiger charge is -2.20. The zero-order valence-corrected chi connectivity index (χ0v) is 21.3. The molecule has 2 aromatic carbocycles. The number of halogens is 1. The molecule has 6 rings (SSSR count). The van der Waals surface area contributed by atoms with Gasteiger partial charge in [0, 0.05) is 35.1 Å². The number of amides is 2. The second kappa shape index (κ2) is 9.54. The van der Waals surface area contributed by atoms with E-state index >= 15 is 0 Å². The number of carbonyl (C=O) groups excluding carboxylic acids is 2. The summed E-state index contributed by atoms with van der Waals surface area (Å²) >= 11 is 0. The molecule has 4 aromatic rings. The van der Waals surface area contributed by atoms with Gasteiger partial charge in [-0.05, 0) is 62.9 Å². The third-order valence-electron chi connectivity index (χ3n) is 7.01. The number of nitrogens with zero attached hydrogens (tertiary/aromatic N) is 3. The van der Waals surface area contributed by atoms with E-state index in [1.54, 1.807) is 24.4 Å². The number of hydrogen-bond acceptors (Lipinski definition) is 6. The van der Waals surface area contributed by atoms with Crippen LogP contribution in [0.3, 0.4) is 0 Å². The Hall–Kier alpha value is -4.73. The number of aryl methyl sites for hydroxylation is 1. The van der Waals surface area contributed by atoms with Gasteiger partial charge in [-0.25, -0.2) is 13.9 Å². The molecule has 0 bridgehead atoms. The van der Waals surface area contributed by atoms with Gasteiger partial charge in [0.25, 0.3) is 0 Å². The number of hydrogen-bond donors (Lipinski definition) is 3. The molecule has 39 heavy (non-hydrogen) atoms. The van der Waals surface area contributed by atoms with E-state index in [2.05, 4.69) is 32.6 Å². The molecule has 0 radical (unpaired) electrons. The molecule has 0 spiro atoms. The van der Waals surface area contributed by atoms with Crippen LogP contribution < -0.4 is 20.7 Å². The molecule has 2 aliphatic rings. The van der Waals surface area contributed by atoms with Crippen LogP contribution in [0.15, 0.2) is 73.1 Å². The van der Waals surface area contributed by atoms with Gasteiger partial charge >= 0.3 is 0 Å². The quantitative estimate of drug-likeness (QED) is 0.260. The zero-order chi connectivity index (χ0) is 27.1. The number of ether oxygens (including phenoxy) is 1. The van der Waals surface area contributed by atoms with Crippen LogP contribution in [-0.4, -0.2) is 26.4 Å². The van der Waals surface area contributed by atoms with Gasteiger partial charge in [0.15, 0.2) is 23.0 Å². The average molecular weight is 527 g/mol. The smallest absolute Gasteiger partial charge is 0.237 e.